The van der Waals surface area contributed by atoms with Crippen LogP contribution in [0.4, 0.5) is 0 Å². The van der Waals surface area contributed by atoms with Gasteiger partial charge in [-0.2, -0.15) is 4.83 Å². The average molecular weight is 326 g/mol. The molecule has 0 saturated heterocycles. The van der Waals surface area contributed by atoms with Crippen molar-refractivity contribution in [3.8, 4) is 5.75 Å². The number of nitrogens with zero attached hydrogens (tertiary/aromatic N) is 2. The lowest BCUT2D eigenvalue weighted by molar-refractivity contribution is 0.406. The van der Waals surface area contributed by atoms with Gasteiger partial charge in [0.1, 0.15) is 0 Å². The highest BCUT2D eigenvalue weighted by Crippen LogP contribution is 2.37. The van der Waals surface area contributed by atoms with Crippen molar-refractivity contribution in [3.05, 3.63) is 23.4 Å². The molecule has 0 spiro atoms. The summed E-state index contributed by atoms with van der Waals surface area (Å²) in [5.74, 6) is 0.765. The number of nitrogens with one attached hydrogen (secondary N) is 2. The van der Waals surface area contributed by atoms with Crippen LogP contribution in [-0.2, 0) is 31.7 Å². The van der Waals surface area contributed by atoms with Crippen LogP contribution in [0.5, 0.6) is 5.75 Å². The summed E-state index contributed by atoms with van der Waals surface area (Å²) in [4.78, 5) is 13.0. The second kappa shape index (κ2) is 5.30. The molecule has 0 fully saturated rings. The fourth-order valence-electron chi connectivity index (χ4n) is 2.02. The lowest BCUT2D eigenvalue weighted by atomic mass is 9.85. The minimum atomic E-state index is -0.562. The highest BCUT2D eigenvalue weighted by Gasteiger charge is 2.30. The fourth-order valence-corrected chi connectivity index (χ4v) is 3.23. The second-order valence-corrected chi connectivity index (χ2v) is 9.30. The molecule has 0 bridgehead atoms. The Bertz CT molecular complexity index is 592. The summed E-state index contributed by atoms with van der Waals surface area (Å²) in [6.07, 6.45) is 1.79. The third-order valence-electron chi connectivity index (χ3n) is 3.08. The van der Waals surface area contributed by atoms with Gasteiger partial charge in [-0.15, -0.1) is 0 Å². The Kier molecular flexibility index (Phi) is 4.12. The Morgan fingerprint density at radius 3 is 1.86 bits per heavy atom. The van der Waals surface area contributed by atoms with Crippen molar-refractivity contribution in [1.29, 1.82) is 0 Å². The molecule has 0 aliphatic carbocycles. The van der Waals surface area contributed by atoms with Gasteiger partial charge < -0.3 is 10.5 Å². The van der Waals surface area contributed by atoms with Gasteiger partial charge in [0.15, 0.2) is 11.6 Å². The molecule has 0 saturated carbocycles. The van der Waals surface area contributed by atoms with Gasteiger partial charge in [-0.1, -0.05) is 41.5 Å². The molecule has 0 radical (unpaired) electrons. The summed E-state index contributed by atoms with van der Waals surface area (Å²) in [6, 6.07) is 0. The minimum Gasteiger partial charge on any atom is -0.504 e. The predicted octanol–water partition coefficient (Wildman–Crippen LogP) is 2.18. The summed E-state index contributed by atoms with van der Waals surface area (Å²) < 4.78 is 0. The SMILES string of the molecule is CC(C)(C)c1nc(C2=CNNS2=S)nc(C(C)(C)C)c1O. The van der Waals surface area contributed by atoms with E-state index in [-0.39, 0.29) is 16.6 Å². The molecule has 21 heavy (non-hydrogen) atoms. The van der Waals surface area contributed by atoms with Gasteiger partial charge in [-0.05, 0) is 11.2 Å². The van der Waals surface area contributed by atoms with Gasteiger partial charge in [0.25, 0.3) is 0 Å². The highest BCUT2D eigenvalue weighted by atomic mass is 32.8. The summed E-state index contributed by atoms with van der Waals surface area (Å²) in [5, 5.41) is 10.6. The molecule has 1 atom stereocenters. The Hall–Kier alpha value is -1.05. The van der Waals surface area contributed by atoms with Crippen molar-refractivity contribution in [1.82, 2.24) is 20.2 Å². The molecule has 1 aliphatic rings. The maximum absolute atomic E-state index is 10.6. The summed E-state index contributed by atoms with van der Waals surface area (Å²) >= 11 is 5.36. The zero-order chi connectivity index (χ0) is 16.0. The first-order valence-electron chi connectivity index (χ1n) is 6.77. The maximum atomic E-state index is 10.6. The molecular formula is C14H22N4OS2. The monoisotopic (exact) mass is 326 g/mol. The standard InChI is InChI=1S/C14H22N4OS2/c1-13(2,3)10-9(19)11(14(4,5)6)17-12(16-10)8-7-15-18-21(8)20/h7,15,18-19H,1-6H3. The van der Waals surface area contributed by atoms with Crippen molar-refractivity contribution < 1.29 is 5.11 Å². The van der Waals surface area contributed by atoms with Crippen LogP contribution < -0.4 is 10.3 Å². The molecule has 0 amide bonds. The topological polar surface area (TPSA) is 70.1 Å². The molecule has 1 aromatic heterocycles. The first-order chi connectivity index (χ1) is 9.51. The lowest BCUT2D eigenvalue weighted by Crippen LogP contribution is -2.23. The van der Waals surface area contributed by atoms with E-state index in [9.17, 15) is 5.11 Å². The molecule has 0 aromatic carbocycles. The van der Waals surface area contributed by atoms with Crippen LogP contribution in [0.15, 0.2) is 6.20 Å². The van der Waals surface area contributed by atoms with E-state index >= 15 is 0 Å². The van der Waals surface area contributed by atoms with Gasteiger partial charge in [-0.3, -0.25) is 0 Å². The first kappa shape index (κ1) is 16.3. The van der Waals surface area contributed by atoms with Crippen LogP contribution in [0.3, 0.4) is 0 Å². The van der Waals surface area contributed by atoms with Gasteiger partial charge in [-0.25, -0.2) is 9.97 Å². The van der Waals surface area contributed by atoms with Gasteiger partial charge in [0.2, 0.25) is 0 Å². The predicted molar refractivity (Wildman–Crippen MR) is 90.1 cm³/mol. The summed E-state index contributed by atoms with van der Waals surface area (Å²) in [7, 11) is -0.562. The van der Waals surface area contributed by atoms with Gasteiger partial charge in [0.05, 0.1) is 16.3 Å². The summed E-state index contributed by atoms with van der Waals surface area (Å²) in [5.41, 5.74) is 3.65. The molecule has 1 aliphatic heterocycles. The molecule has 2 rings (SSSR count). The number of hydrogen-bond donors (Lipinski definition) is 3. The normalized spacial score (nSPS) is 19.3. The van der Waals surface area contributed by atoms with Crippen LogP contribution in [0.2, 0.25) is 0 Å². The summed E-state index contributed by atoms with van der Waals surface area (Å²) in [6.45, 7) is 12.2. The van der Waals surface area contributed by atoms with Crippen molar-refractivity contribution in [3.63, 3.8) is 0 Å². The zero-order valence-corrected chi connectivity index (χ0v) is 14.9. The number of hydrazine groups is 1. The molecule has 2 heterocycles. The van der Waals surface area contributed by atoms with Crippen LogP contribution in [-0.4, -0.2) is 15.1 Å². The average Bonchev–Trinajstić information content (AvgIpc) is 2.72. The van der Waals surface area contributed by atoms with Crippen molar-refractivity contribution >= 4 is 25.7 Å². The molecule has 1 unspecified atom stereocenters. The zero-order valence-electron chi connectivity index (χ0n) is 13.2. The molecule has 3 N–H and O–H groups in total. The van der Waals surface area contributed by atoms with Crippen LogP contribution in [0.1, 0.15) is 58.8 Å². The van der Waals surface area contributed by atoms with E-state index in [1.165, 1.54) is 0 Å². The molecule has 5 nitrogen and oxygen atoms in total. The van der Waals surface area contributed by atoms with Gasteiger partial charge in [0, 0.05) is 26.7 Å². The van der Waals surface area contributed by atoms with E-state index in [2.05, 4.69) is 20.2 Å². The largest absolute Gasteiger partial charge is 0.504 e. The molecule has 7 heteroatoms. The first-order valence-corrected chi connectivity index (χ1v) is 8.92. The highest BCUT2D eigenvalue weighted by molar-refractivity contribution is 8.33. The van der Waals surface area contributed by atoms with E-state index in [0.29, 0.717) is 17.2 Å². The van der Waals surface area contributed by atoms with Crippen LogP contribution in [0.25, 0.3) is 4.91 Å². The van der Waals surface area contributed by atoms with Gasteiger partial charge >= 0.3 is 0 Å². The Balaban J connectivity index is 2.71. The third-order valence-corrected chi connectivity index (χ3v) is 4.87. The fraction of sp³-hybridized carbons (Fsp3) is 0.571. The molecule has 116 valence electrons. The van der Waals surface area contributed by atoms with Crippen LogP contribution in [0, 0.1) is 0 Å². The van der Waals surface area contributed by atoms with Crippen molar-refractivity contribution in [2.45, 2.75) is 52.4 Å². The Labute approximate surface area is 133 Å². The smallest absolute Gasteiger partial charge is 0.169 e. The Morgan fingerprint density at radius 1 is 1.05 bits per heavy atom. The number of aromatic hydroxyl groups is 1. The number of rotatable bonds is 1. The van der Waals surface area contributed by atoms with Crippen molar-refractivity contribution in [2.75, 3.05) is 0 Å². The third kappa shape index (κ3) is 3.25. The Morgan fingerprint density at radius 2 is 1.52 bits per heavy atom. The van der Waals surface area contributed by atoms with E-state index in [4.69, 9.17) is 11.2 Å². The van der Waals surface area contributed by atoms with Crippen molar-refractivity contribution in [2.24, 2.45) is 0 Å². The molecular weight excluding hydrogens is 304 g/mol. The van der Waals surface area contributed by atoms with E-state index in [0.717, 1.165) is 4.91 Å². The van der Waals surface area contributed by atoms with E-state index in [1.807, 2.05) is 41.5 Å². The lowest BCUT2D eigenvalue weighted by Gasteiger charge is -2.26. The number of aromatic nitrogens is 2. The number of hydrogen-bond acceptors (Lipinski definition) is 5. The van der Waals surface area contributed by atoms with Crippen LogP contribution >= 0.6 is 0 Å². The molecule has 1 aromatic rings. The maximum Gasteiger partial charge on any atom is 0.169 e. The minimum absolute atomic E-state index is 0.183. The van der Waals surface area contributed by atoms with E-state index in [1.54, 1.807) is 6.20 Å². The second-order valence-electron chi connectivity index (χ2n) is 7.12. The quantitative estimate of drug-likeness (QED) is 0.735. The van der Waals surface area contributed by atoms with E-state index < -0.39 is 9.64 Å².